The highest BCUT2D eigenvalue weighted by molar-refractivity contribution is 7.87. The Hall–Kier alpha value is -1.81. The molecule has 3 nitrogen and oxygen atoms in total. The smallest absolute Gasteiger partial charge is 0.339 e. The summed E-state index contributed by atoms with van der Waals surface area (Å²) >= 11 is 0. The van der Waals surface area contributed by atoms with Gasteiger partial charge in [-0.05, 0) is 49.4 Å². The van der Waals surface area contributed by atoms with E-state index in [1.807, 2.05) is 25.1 Å². The van der Waals surface area contributed by atoms with E-state index in [-0.39, 0.29) is 4.90 Å². The maximum absolute atomic E-state index is 12.5. The average molecular weight is 330 g/mol. The first-order chi connectivity index (χ1) is 11.1. The molecule has 0 heterocycles. The molecular formula is C19H22O3S. The van der Waals surface area contributed by atoms with Crippen LogP contribution in [-0.2, 0) is 10.1 Å². The molecule has 2 aromatic carbocycles. The van der Waals surface area contributed by atoms with Crippen molar-refractivity contribution in [2.45, 2.75) is 49.8 Å². The van der Waals surface area contributed by atoms with Crippen molar-refractivity contribution in [2.24, 2.45) is 0 Å². The summed E-state index contributed by atoms with van der Waals surface area (Å²) in [6, 6.07) is 14.3. The summed E-state index contributed by atoms with van der Waals surface area (Å²) in [5.74, 6) is 0.869. The van der Waals surface area contributed by atoms with Crippen LogP contribution in [0, 0.1) is 6.92 Å². The van der Waals surface area contributed by atoms with Crippen molar-refractivity contribution < 1.29 is 12.6 Å². The van der Waals surface area contributed by atoms with Crippen molar-refractivity contribution in [2.75, 3.05) is 0 Å². The standard InChI is InChI=1S/C19H22O3S/c1-15-11-13-17(14-12-15)23(20,21)22-19-10-6-5-9-18(19)16-7-3-2-4-8-16/h5-6,9-14,16H,2-4,7-8H2,1H3. The number of para-hydroxylation sites is 1. The molecule has 0 bridgehead atoms. The van der Waals surface area contributed by atoms with Crippen molar-refractivity contribution in [3.05, 3.63) is 59.7 Å². The maximum Gasteiger partial charge on any atom is 0.339 e. The first-order valence-electron chi connectivity index (χ1n) is 8.16. The first-order valence-corrected chi connectivity index (χ1v) is 9.57. The monoisotopic (exact) mass is 330 g/mol. The predicted octanol–water partition coefficient (Wildman–Crippen LogP) is 4.81. The van der Waals surface area contributed by atoms with Crippen LogP contribution in [0.2, 0.25) is 0 Å². The zero-order chi connectivity index (χ0) is 16.3. The van der Waals surface area contributed by atoms with Gasteiger partial charge in [-0.15, -0.1) is 0 Å². The van der Waals surface area contributed by atoms with Crippen molar-refractivity contribution in [3.8, 4) is 5.75 Å². The van der Waals surface area contributed by atoms with Gasteiger partial charge >= 0.3 is 10.1 Å². The zero-order valence-electron chi connectivity index (χ0n) is 13.4. The lowest BCUT2D eigenvalue weighted by molar-refractivity contribution is 0.428. The van der Waals surface area contributed by atoms with E-state index in [2.05, 4.69) is 0 Å². The first kappa shape index (κ1) is 16.1. The molecule has 23 heavy (non-hydrogen) atoms. The molecular weight excluding hydrogens is 308 g/mol. The van der Waals surface area contributed by atoms with Crippen LogP contribution in [0.25, 0.3) is 0 Å². The molecule has 0 N–H and O–H groups in total. The number of aryl methyl sites for hydroxylation is 1. The van der Waals surface area contributed by atoms with Crippen LogP contribution in [-0.4, -0.2) is 8.42 Å². The van der Waals surface area contributed by atoms with Crippen LogP contribution in [0.4, 0.5) is 0 Å². The number of hydrogen-bond donors (Lipinski definition) is 0. The highest BCUT2D eigenvalue weighted by Gasteiger charge is 2.23. The van der Waals surface area contributed by atoms with Crippen molar-refractivity contribution >= 4 is 10.1 Å². The van der Waals surface area contributed by atoms with E-state index in [4.69, 9.17) is 4.18 Å². The van der Waals surface area contributed by atoms with Crippen molar-refractivity contribution in [1.29, 1.82) is 0 Å². The van der Waals surface area contributed by atoms with Crippen LogP contribution in [0.5, 0.6) is 5.75 Å². The largest absolute Gasteiger partial charge is 0.379 e. The van der Waals surface area contributed by atoms with Crippen LogP contribution >= 0.6 is 0 Å². The molecule has 0 amide bonds. The lowest BCUT2D eigenvalue weighted by Crippen LogP contribution is -2.13. The molecule has 2 aromatic rings. The van der Waals surface area contributed by atoms with Crippen LogP contribution in [0.3, 0.4) is 0 Å². The molecule has 4 heteroatoms. The van der Waals surface area contributed by atoms with Crippen molar-refractivity contribution in [3.63, 3.8) is 0 Å². The second kappa shape index (κ2) is 6.75. The summed E-state index contributed by atoms with van der Waals surface area (Å²) in [5.41, 5.74) is 2.04. The van der Waals surface area contributed by atoms with Gasteiger partial charge < -0.3 is 4.18 Å². The average Bonchev–Trinajstić information content (AvgIpc) is 2.56. The topological polar surface area (TPSA) is 43.4 Å². The molecule has 1 fully saturated rings. The molecule has 0 aromatic heterocycles. The molecule has 0 saturated heterocycles. The second-order valence-corrected chi connectivity index (χ2v) is 7.77. The molecule has 0 spiro atoms. The Balaban J connectivity index is 1.89. The van der Waals surface area contributed by atoms with Gasteiger partial charge in [-0.2, -0.15) is 8.42 Å². The Morgan fingerprint density at radius 3 is 2.26 bits per heavy atom. The Morgan fingerprint density at radius 2 is 1.57 bits per heavy atom. The number of benzene rings is 2. The minimum absolute atomic E-state index is 0.196. The van der Waals surface area contributed by atoms with Gasteiger partial charge in [0.25, 0.3) is 0 Å². The molecule has 0 aliphatic heterocycles. The highest BCUT2D eigenvalue weighted by Crippen LogP contribution is 2.38. The summed E-state index contributed by atoms with van der Waals surface area (Å²) < 4.78 is 30.5. The third kappa shape index (κ3) is 3.75. The van der Waals surface area contributed by atoms with E-state index in [1.165, 1.54) is 19.3 Å². The van der Waals surface area contributed by atoms with E-state index in [0.29, 0.717) is 11.7 Å². The molecule has 3 rings (SSSR count). The summed E-state index contributed by atoms with van der Waals surface area (Å²) in [6.07, 6.45) is 5.87. The predicted molar refractivity (Wildman–Crippen MR) is 91.3 cm³/mol. The van der Waals surface area contributed by atoms with E-state index >= 15 is 0 Å². The van der Waals surface area contributed by atoms with Gasteiger partial charge in [0.2, 0.25) is 0 Å². The van der Waals surface area contributed by atoms with E-state index < -0.39 is 10.1 Å². The molecule has 1 aliphatic rings. The van der Waals surface area contributed by atoms with Gasteiger partial charge in [0.1, 0.15) is 10.6 Å². The quantitative estimate of drug-likeness (QED) is 0.756. The Kier molecular flexibility index (Phi) is 4.71. The van der Waals surface area contributed by atoms with E-state index in [9.17, 15) is 8.42 Å². The molecule has 0 radical (unpaired) electrons. The minimum Gasteiger partial charge on any atom is -0.379 e. The normalized spacial score (nSPS) is 16.2. The summed E-state index contributed by atoms with van der Waals surface area (Å²) in [6.45, 7) is 1.93. The Morgan fingerprint density at radius 1 is 0.913 bits per heavy atom. The molecule has 0 unspecified atom stereocenters. The van der Waals surface area contributed by atoms with Gasteiger partial charge in [-0.25, -0.2) is 0 Å². The summed E-state index contributed by atoms with van der Waals surface area (Å²) in [7, 11) is -3.79. The zero-order valence-corrected chi connectivity index (χ0v) is 14.2. The molecule has 1 aliphatic carbocycles. The fourth-order valence-electron chi connectivity index (χ4n) is 3.18. The van der Waals surface area contributed by atoms with Crippen LogP contribution in [0.15, 0.2) is 53.4 Å². The summed E-state index contributed by atoms with van der Waals surface area (Å²) in [4.78, 5) is 0.196. The Labute approximate surface area is 138 Å². The molecule has 122 valence electrons. The summed E-state index contributed by atoms with van der Waals surface area (Å²) in [5, 5.41) is 0. The Bertz CT molecular complexity index is 757. The van der Waals surface area contributed by atoms with Gasteiger partial charge in [0, 0.05) is 0 Å². The molecule has 1 saturated carbocycles. The molecule has 0 atom stereocenters. The second-order valence-electron chi connectivity index (χ2n) is 6.22. The fraction of sp³-hybridized carbons (Fsp3) is 0.368. The number of rotatable bonds is 4. The van der Waals surface area contributed by atoms with E-state index in [1.54, 1.807) is 30.3 Å². The number of hydrogen-bond acceptors (Lipinski definition) is 3. The van der Waals surface area contributed by atoms with Gasteiger partial charge in [-0.1, -0.05) is 55.2 Å². The van der Waals surface area contributed by atoms with Gasteiger partial charge in [-0.3, -0.25) is 0 Å². The third-order valence-electron chi connectivity index (χ3n) is 4.47. The lowest BCUT2D eigenvalue weighted by atomic mass is 9.84. The third-order valence-corrected chi connectivity index (χ3v) is 5.72. The fourth-order valence-corrected chi connectivity index (χ4v) is 4.13. The maximum atomic E-state index is 12.5. The van der Waals surface area contributed by atoms with E-state index in [0.717, 1.165) is 24.0 Å². The van der Waals surface area contributed by atoms with Crippen LogP contribution in [0.1, 0.15) is 49.1 Å². The van der Waals surface area contributed by atoms with Gasteiger partial charge in [0.05, 0.1) is 0 Å². The van der Waals surface area contributed by atoms with Crippen LogP contribution < -0.4 is 4.18 Å². The SMILES string of the molecule is Cc1ccc(S(=O)(=O)Oc2ccccc2C2CCCCC2)cc1. The highest BCUT2D eigenvalue weighted by atomic mass is 32.2. The van der Waals surface area contributed by atoms with Crippen molar-refractivity contribution in [1.82, 2.24) is 0 Å². The van der Waals surface area contributed by atoms with Gasteiger partial charge in [0.15, 0.2) is 0 Å². The minimum atomic E-state index is -3.79. The lowest BCUT2D eigenvalue weighted by Gasteiger charge is -2.23.